The van der Waals surface area contributed by atoms with Crippen molar-refractivity contribution in [2.24, 2.45) is 0 Å². The van der Waals surface area contributed by atoms with Crippen molar-refractivity contribution in [1.29, 1.82) is 0 Å². The largest absolute Gasteiger partial charge is 0.294 e. The number of H-pyrrole nitrogens is 1. The van der Waals surface area contributed by atoms with Crippen LogP contribution in [0, 0.1) is 12.7 Å². The Kier molecular flexibility index (Phi) is 6.61. The van der Waals surface area contributed by atoms with Crippen molar-refractivity contribution >= 4 is 28.3 Å². The highest BCUT2D eigenvalue weighted by Gasteiger charge is 2.15. The van der Waals surface area contributed by atoms with E-state index in [1.807, 2.05) is 56.3 Å². The van der Waals surface area contributed by atoms with Crippen LogP contribution in [-0.2, 0) is 12.8 Å². The lowest BCUT2D eigenvalue weighted by Gasteiger charge is -2.12. The molecule has 7 heteroatoms. The van der Waals surface area contributed by atoms with Crippen LogP contribution in [0.5, 0.6) is 0 Å². The number of para-hydroxylation sites is 1. The third-order valence-electron chi connectivity index (χ3n) is 6.33. The molecule has 5 rings (SSSR count). The first-order valence-corrected chi connectivity index (χ1v) is 12.2. The fourth-order valence-corrected chi connectivity index (χ4v) is 4.53. The molecule has 2 heterocycles. The van der Waals surface area contributed by atoms with E-state index in [-0.39, 0.29) is 18.0 Å². The van der Waals surface area contributed by atoms with Gasteiger partial charge in [-0.1, -0.05) is 67.1 Å². The van der Waals surface area contributed by atoms with Crippen LogP contribution in [0.2, 0.25) is 5.02 Å². The topological polar surface area (TPSA) is 71.5 Å². The van der Waals surface area contributed by atoms with E-state index in [2.05, 4.69) is 20.2 Å². The maximum absolute atomic E-state index is 15.2. The summed E-state index contributed by atoms with van der Waals surface area (Å²) in [4.78, 5) is 20.9. The van der Waals surface area contributed by atoms with E-state index in [1.165, 1.54) is 6.07 Å². The van der Waals surface area contributed by atoms with Gasteiger partial charge in [0.1, 0.15) is 11.6 Å². The van der Waals surface area contributed by atoms with Crippen molar-refractivity contribution in [2.75, 3.05) is 0 Å². The number of hydrogen-bond donors (Lipinski definition) is 1. The molecule has 5 nitrogen and oxygen atoms in total. The minimum absolute atomic E-state index is 0.0860. The fourth-order valence-electron chi connectivity index (χ4n) is 4.37. The Bertz CT molecular complexity index is 1580. The molecule has 0 radical (unpaired) electrons. The number of halogens is 2. The van der Waals surface area contributed by atoms with E-state index in [4.69, 9.17) is 11.6 Å². The zero-order chi connectivity index (χ0) is 25.2. The zero-order valence-corrected chi connectivity index (χ0v) is 20.7. The number of nitrogens with zero attached hydrogens (tertiary/aromatic N) is 3. The van der Waals surface area contributed by atoms with Gasteiger partial charge in [0.05, 0.1) is 16.2 Å². The first-order chi connectivity index (χ1) is 17.4. The number of ketones is 1. The van der Waals surface area contributed by atoms with Gasteiger partial charge in [-0.15, -0.1) is 0 Å². The lowest BCUT2D eigenvalue weighted by molar-refractivity contribution is 0.0988. The smallest absolute Gasteiger partial charge is 0.162 e. The van der Waals surface area contributed by atoms with Gasteiger partial charge in [0.25, 0.3) is 0 Å². The number of fused-ring (bicyclic) bond motifs is 1. The van der Waals surface area contributed by atoms with Crippen molar-refractivity contribution in [3.05, 3.63) is 112 Å². The Morgan fingerprint density at radius 2 is 1.83 bits per heavy atom. The van der Waals surface area contributed by atoms with Gasteiger partial charge in [-0.05, 0) is 41.3 Å². The number of aromatic nitrogens is 4. The van der Waals surface area contributed by atoms with Crippen LogP contribution in [0.4, 0.5) is 4.39 Å². The standard InChI is InChI=1S/C29H24ClFN4O/c1-3-28(36)19-10-8-18(9-11-19)22-14-24(31)20(12-17(22)2)13-29-32-16-23(30)27(33-29)15-26-21-6-4-5-7-25(21)34-35-26/h4-12,14,16H,3,13,15H2,1-2H3,(H,34,35). The van der Waals surface area contributed by atoms with E-state index >= 15 is 4.39 Å². The van der Waals surface area contributed by atoms with Gasteiger partial charge in [-0.2, -0.15) is 5.10 Å². The number of Topliss-reactive ketones (excluding diaryl/α,β-unsaturated/α-hetero) is 1. The van der Waals surface area contributed by atoms with E-state index in [0.717, 1.165) is 33.3 Å². The number of aryl methyl sites for hydroxylation is 1. The molecule has 0 aliphatic carbocycles. The normalized spacial score (nSPS) is 11.2. The molecule has 0 amide bonds. The maximum atomic E-state index is 15.2. The minimum atomic E-state index is -0.330. The molecule has 0 unspecified atom stereocenters. The van der Waals surface area contributed by atoms with Crippen molar-refractivity contribution in [3.63, 3.8) is 0 Å². The number of hydrogen-bond acceptors (Lipinski definition) is 4. The molecule has 0 atom stereocenters. The molecule has 5 aromatic rings. The van der Waals surface area contributed by atoms with Crippen LogP contribution in [0.15, 0.2) is 66.9 Å². The fraction of sp³-hybridized carbons (Fsp3) is 0.172. The van der Waals surface area contributed by atoms with Gasteiger partial charge in [-0.25, -0.2) is 14.4 Å². The summed E-state index contributed by atoms with van der Waals surface area (Å²) in [6, 6.07) is 18.5. The van der Waals surface area contributed by atoms with Crippen LogP contribution in [0.1, 0.15) is 52.0 Å². The molecule has 0 spiro atoms. The number of benzene rings is 3. The highest BCUT2D eigenvalue weighted by Crippen LogP contribution is 2.28. The number of nitrogens with one attached hydrogen (secondary N) is 1. The average Bonchev–Trinajstić information content (AvgIpc) is 3.30. The van der Waals surface area contributed by atoms with Gasteiger partial charge >= 0.3 is 0 Å². The van der Waals surface area contributed by atoms with Crippen LogP contribution < -0.4 is 0 Å². The summed E-state index contributed by atoms with van der Waals surface area (Å²) in [6.07, 6.45) is 2.72. The SMILES string of the molecule is CCC(=O)c1ccc(-c2cc(F)c(Cc3ncc(Cl)c(Cc4[nH]nc5ccccc45)n3)cc2C)cc1. The van der Waals surface area contributed by atoms with Gasteiger partial charge in [0.15, 0.2) is 5.78 Å². The summed E-state index contributed by atoms with van der Waals surface area (Å²) in [5.74, 6) is 0.249. The summed E-state index contributed by atoms with van der Waals surface area (Å²) < 4.78 is 15.2. The highest BCUT2D eigenvalue weighted by atomic mass is 35.5. The molecule has 2 aromatic heterocycles. The second-order valence-electron chi connectivity index (χ2n) is 8.77. The Hall–Kier alpha value is -3.90. The van der Waals surface area contributed by atoms with Crippen LogP contribution in [-0.4, -0.2) is 25.9 Å². The molecule has 0 aliphatic heterocycles. The molecule has 0 saturated heterocycles. The number of carbonyl (C=O) groups excluding carboxylic acids is 1. The van der Waals surface area contributed by atoms with Gasteiger partial charge in [0, 0.05) is 42.1 Å². The minimum Gasteiger partial charge on any atom is -0.294 e. The summed E-state index contributed by atoms with van der Waals surface area (Å²) in [5, 5.41) is 8.86. The lowest BCUT2D eigenvalue weighted by Crippen LogP contribution is -2.04. The van der Waals surface area contributed by atoms with Gasteiger partial charge in [0.2, 0.25) is 0 Å². The van der Waals surface area contributed by atoms with E-state index in [0.29, 0.717) is 40.5 Å². The maximum Gasteiger partial charge on any atom is 0.162 e. The summed E-state index contributed by atoms with van der Waals surface area (Å²) >= 11 is 6.40. The predicted octanol–water partition coefficient (Wildman–Crippen LogP) is 6.90. The molecule has 0 fully saturated rings. The van der Waals surface area contributed by atoms with Crippen molar-refractivity contribution < 1.29 is 9.18 Å². The molecular formula is C29H24ClFN4O. The summed E-state index contributed by atoms with van der Waals surface area (Å²) in [6.45, 7) is 3.78. The Labute approximate surface area is 213 Å². The average molecular weight is 499 g/mol. The Balaban J connectivity index is 1.39. The molecule has 1 N–H and O–H groups in total. The van der Waals surface area contributed by atoms with E-state index in [9.17, 15) is 4.79 Å². The van der Waals surface area contributed by atoms with Gasteiger partial charge in [-0.3, -0.25) is 9.89 Å². The van der Waals surface area contributed by atoms with Crippen LogP contribution in [0.3, 0.4) is 0 Å². The van der Waals surface area contributed by atoms with Gasteiger partial charge < -0.3 is 0 Å². The predicted molar refractivity (Wildman–Crippen MR) is 140 cm³/mol. The van der Waals surface area contributed by atoms with Crippen molar-refractivity contribution in [3.8, 4) is 11.1 Å². The second-order valence-corrected chi connectivity index (χ2v) is 9.17. The van der Waals surface area contributed by atoms with Crippen molar-refractivity contribution in [1.82, 2.24) is 20.2 Å². The number of rotatable bonds is 7. The molecule has 3 aromatic carbocycles. The highest BCUT2D eigenvalue weighted by molar-refractivity contribution is 6.31. The summed E-state index contributed by atoms with van der Waals surface area (Å²) in [5.41, 5.74) is 6.20. The van der Waals surface area contributed by atoms with Crippen LogP contribution >= 0.6 is 11.6 Å². The quantitative estimate of drug-likeness (QED) is 0.248. The Morgan fingerprint density at radius 1 is 1.06 bits per heavy atom. The van der Waals surface area contributed by atoms with E-state index in [1.54, 1.807) is 18.3 Å². The van der Waals surface area contributed by atoms with E-state index < -0.39 is 0 Å². The van der Waals surface area contributed by atoms with Crippen LogP contribution in [0.25, 0.3) is 22.0 Å². The monoisotopic (exact) mass is 498 g/mol. The molecular weight excluding hydrogens is 475 g/mol. The molecule has 0 saturated carbocycles. The number of carbonyl (C=O) groups is 1. The molecule has 36 heavy (non-hydrogen) atoms. The first kappa shape index (κ1) is 23.8. The Morgan fingerprint density at radius 3 is 2.61 bits per heavy atom. The van der Waals surface area contributed by atoms with Crippen molar-refractivity contribution in [2.45, 2.75) is 33.1 Å². The third kappa shape index (κ3) is 4.77. The second kappa shape index (κ2) is 9.99. The first-order valence-electron chi connectivity index (χ1n) is 11.8. The third-order valence-corrected chi connectivity index (χ3v) is 6.65. The summed E-state index contributed by atoms with van der Waals surface area (Å²) in [7, 11) is 0. The number of aromatic amines is 1. The molecule has 180 valence electrons. The molecule has 0 bridgehead atoms. The zero-order valence-electron chi connectivity index (χ0n) is 20.0. The molecule has 0 aliphatic rings. The lowest BCUT2D eigenvalue weighted by atomic mass is 9.95.